The zero-order valence-corrected chi connectivity index (χ0v) is 5.95. The molecule has 1 nitrogen and oxygen atoms in total. The first kappa shape index (κ1) is 8.05. The van der Waals surface area contributed by atoms with Crippen LogP contribution in [-0.2, 0) is 0 Å². The number of aliphatic hydroxyl groups is 1. The fourth-order valence-electron chi connectivity index (χ4n) is 0.378. The van der Waals surface area contributed by atoms with E-state index in [9.17, 15) is 0 Å². The molecular weight excluding hydrogens is 120 g/mol. The van der Waals surface area contributed by atoms with Crippen molar-refractivity contribution in [1.82, 2.24) is 0 Å². The summed E-state index contributed by atoms with van der Waals surface area (Å²) in [4.78, 5) is 0. The Morgan fingerprint density at radius 1 is 1.50 bits per heavy atom. The first-order valence-corrected chi connectivity index (χ1v) is 4.06. The molecule has 0 saturated heterocycles. The van der Waals surface area contributed by atoms with Gasteiger partial charge in [-0.05, 0) is 18.4 Å². The van der Waals surface area contributed by atoms with Gasteiger partial charge in [-0.1, -0.05) is 12.2 Å². The minimum absolute atomic E-state index is 0.175. The maximum absolute atomic E-state index is 8.27. The van der Waals surface area contributed by atoms with E-state index < -0.39 is 0 Å². The Balaban J connectivity index is 2.80. The highest BCUT2D eigenvalue weighted by atomic mass is 32.2. The molecule has 0 heterocycles. The van der Waals surface area contributed by atoms with Crippen LogP contribution in [0.3, 0.4) is 0 Å². The van der Waals surface area contributed by atoms with E-state index >= 15 is 0 Å². The fourth-order valence-corrected chi connectivity index (χ4v) is 0.750. The third kappa shape index (κ3) is 6.05. The van der Waals surface area contributed by atoms with Gasteiger partial charge < -0.3 is 5.11 Å². The SMILES string of the molecule is CSCC/C=C/CO. The molecule has 0 fully saturated rings. The van der Waals surface area contributed by atoms with Gasteiger partial charge in [0, 0.05) is 0 Å². The Morgan fingerprint density at radius 2 is 2.25 bits per heavy atom. The van der Waals surface area contributed by atoms with Gasteiger partial charge in [-0.25, -0.2) is 0 Å². The Bertz CT molecular complexity index is 61.5. The van der Waals surface area contributed by atoms with Gasteiger partial charge in [-0.15, -0.1) is 0 Å². The second-order valence-corrected chi connectivity index (χ2v) is 2.42. The monoisotopic (exact) mass is 132 g/mol. The minimum Gasteiger partial charge on any atom is -0.392 e. The van der Waals surface area contributed by atoms with Crippen molar-refractivity contribution in [3.63, 3.8) is 0 Å². The molecule has 0 aromatic carbocycles. The maximum atomic E-state index is 8.27. The predicted octanol–water partition coefficient (Wildman–Crippen LogP) is 1.29. The highest BCUT2D eigenvalue weighted by Gasteiger charge is 1.74. The molecule has 0 unspecified atom stereocenters. The summed E-state index contributed by atoms with van der Waals surface area (Å²) < 4.78 is 0. The van der Waals surface area contributed by atoms with Crippen LogP contribution in [0.1, 0.15) is 6.42 Å². The number of aliphatic hydroxyl groups excluding tert-OH is 1. The number of thioether (sulfide) groups is 1. The van der Waals surface area contributed by atoms with Crippen molar-refractivity contribution in [3.05, 3.63) is 12.2 Å². The van der Waals surface area contributed by atoms with Crippen molar-refractivity contribution in [2.24, 2.45) is 0 Å². The Labute approximate surface area is 54.8 Å². The largest absolute Gasteiger partial charge is 0.392 e. The van der Waals surface area contributed by atoms with Crippen LogP contribution in [0.25, 0.3) is 0 Å². The lowest BCUT2D eigenvalue weighted by atomic mass is 10.4. The summed E-state index contributed by atoms with van der Waals surface area (Å²) in [6.07, 6.45) is 6.92. The minimum atomic E-state index is 0.175. The number of hydrogen-bond donors (Lipinski definition) is 1. The molecule has 0 amide bonds. The van der Waals surface area contributed by atoms with Crippen molar-refractivity contribution < 1.29 is 5.11 Å². The molecule has 0 bridgehead atoms. The second kappa shape index (κ2) is 7.05. The van der Waals surface area contributed by atoms with E-state index in [-0.39, 0.29) is 6.61 Å². The smallest absolute Gasteiger partial charge is 0.0612 e. The molecule has 0 aliphatic rings. The summed E-state index contributed by atoms with van der Waals surface area (Å²) in [6.45, 7) is 0.175. The van der Waals surface area contributed by atoms with Gasteiger partial charge in [0.15, 0.2) is 0 Å². The first-order chi connectivity index (χ1) is 3.91. The fraction of sp³-hybridized carbons (Fsp3) is 0.667. The van der Waals surface area contributed by atoms with E-state index in [1.54, 1.807) is 6.08 Å². The Kier molecular flexibility index (Phi) is 7.09. The molecule has 1 N–H and O–H groups in total. The Morgan fingerprint density at radius 3 is 2.75 bits per heavy atom. The molecule has 0 rings (SSSR count). The second-order valence-electron chi connectivity index (χ2n) is 1.44. The summed E-state index contributed by atoms with van der Waals surface area (Å²) in [5.41, 5.74) is 0. The van der Waals surface area contributed by atoms with E-state index in [4.69, 9.17) is 5.11 Å². The van der Waals surface area contributed by atoms with E-state index in [1.165, 1.54) is 0 Å². The molecule has 0 atom stereocenters. The quantitative estimate of drug-likeness (QED) is 0.459. The van der Waals surface area contributed by atoms with Gasteiger partial charge in [0.1, 0.15) is 0 Å². The number of allylic oxidation sites excluding steroid dienone is 1. The average Bonchev–Trinajstić information content (AvgIpc) is 1.81. The van der Waals surface area contributed by atoms with Crippen LogP contribution in [0.4, 0.5) is 0 Å². The number of hydrogen-bond acceptors (Lipinski definition) is 2. The standard InChI is InChI=1S/C6H12OS/c1-8-6-4-2-3-5-7/h2-3,7H,4-6H2,1H3/b3-2+. The first-order valence-electron chi connectivity index (χ1n) is 2.66. The maximum Gasteiger partial charge on any atom is 0.0612 e. The Hall–Kier alpha value is 0.0500. The van der Waals surface area contributed by atoms with Gasteiger partial charge in [-0.2, -0.15) is 11.8 Å². The van der Waals surface area contributed by atoms with Crippen LogP contribution < -0.4 is 0 Å². The zero-order valence-electron chi connectivity index (χ0n) is 5.13. The lowest BCUT2D eigenvalue weighted by molar-refractivity contribution is 0.342. The summed E-state index contributed by atoms with van der Waals surface area (Å²) >= 11 is 1.82. The van der Waals surface area contributed by atoms with Crippen molar-refractivity contribution in [2.75, 3.05) is 18.6 Å². The summed E-state index contributed by atoms with van der Waals surface area (Å²) in [5.74, 6) is 1.15. The van der Waals surface area contributed by atoms with Gasteiger partial charge >= 0.3 is 0 Å². The molecule has 0 aliphatic carbocycles. The highest BCUT2D eigenvalue weighted by Crippen LogP contribution is 1.95. The van der Waals surface area contributed by atoms with Gasteiger partial charge in [0.2, 0.25) is 0 Å². The number of rotatable bonds is 4. The molecule has 0 aromatic rings. The van der Waals surface area contributed by atoms with Gasteiger partial charge in [-0.3, -0.25) is 0 Å². The van der Waals surface area contributed by atoms with E-state index in [2.05, 4.69) is 6.26 Å². The van der Waals surface area contributed by atoms with E-state index in [1.807, 2.05) is 17.8 Å². The van der Waals surface area contributed by atoms with Crippen LogP contribution in [-0.4, -0.2) is 23.7 Å². The van der Waals surface area contributed by atoms with E-state index in [0.29, 0.717) is 0 Å². The van der Waals surface area contributed by atoms with Crippen molar-refractivity contribution in [2.45, 2.75) is 6.42 Å². The predicted molar refractivity (Wildman–Crippen MR) is 39.2 cm³/mol. The molecule has 0 saturated carbocycles. The molecule has 0 aliphatic heterocycles. The van der Waals surface area contributed by atoms with Crippen LogP contribution in [0.2, 0.25) is 0 Å². The molecule has 0 aromatic heterocycles. The molecule has 0 radical (unpaired) electrons. The molecular formula is C6H12OS. The lowest BCUT2D eigenvalue weighted by Crippen LogP contribution is -1.74. The summed E-state index contributed by atoms with van der Waals surface area (Å²) in [6, 6.07) is 0. The van der Waals surface area contributed by atoms with Crippen molar-refractivity contribution >= 4 is 11.8 Å². The highest BCUT2D eigenvalue weighted by molar-refractivity contribution is 7.98. The lowest BCUT2D eigenvalue weighted by Gasteiger charge is -1.85. The summed E-state index contributed by atoms with van der Waals surface area (Å²) in [5, 5.41) is 8.27. The summed E-state index contributed by atoms with van der Waals surface area (Å²) in [7, 11) is 0. The van der Waals surface area contributed by atoms with Crippen LogP contribution in [0, 0.1) is 0 Å². The third-order valence-corrected chi connectivity index (χ3v) is 1.40. The molecule has 8 heavy (non-hydrogen) atoms. The van der Waals surface area contributed by atoms with Crippen molar-refractivity contribution in [3.8, 4) is 0 Å². The molecule has 2 heteroatoms. The van der Waals surface area contributed by atoms with Crippen LogP contribution in [0.5, 0.6) is 0 Å². The van der Waals surface area contributed by atoms with Gasteiger partial charge in [0.25, 0.3) is 0 Å². The van der Waals surface area contributed by atoms with Crippen LogP contribution >= 0.6 is 11.8 Å². The van der Waals surface area contributed by atoms with Gasteiger partial charge in [0.05, 0.1) is 6.61 Å². The zero-order chi connectivity index (χ0) is 6.24. The molecule has 0 spiro atoms. The van der Waals surface area contributed by atoms with Crippen molar-refractivity contribution in [1.29, 1.82) is 0 Å². The topological polar surface area (TPSA) is 20.2 Å². The average molecular weight is 132 g/mol. The van der Waals surface area contributed by atoms with E-state index in [0.717, 1.165) is 12.2 Å². The van der Waals surface area contributed by atoms with Crippen LogP contribution in [0.15, 0.2) is 12.2 Å². The molecule has 48 valence electrons. The third-order valence-electron chi connectivity index (χ3n) is 0.761. The normalized spacial score (nSPS) is 10.8.